The molecule has 150 valence electrons. The molecule has 0 aliphatic rings. The minimum atomic E-state index is -0.849. The maximum absolute atomic E-state index is 14.3. The molecule has 0 aliphatic heterocycles. The Morgan fingerprint density at radius 2 is 1.53 bits per heavy atom. The SMILES string of the molecule is O=C(Cn1c(=O)n(-c2ccccc2F)c(=O)c2ccccc21)Nc1ccc(F)cc1. The zero-order valence-corrected chi connectivity index (χ0v) is 15.5. The van der Waals surface area contributed by atoms with Crippen molar-refractivity contribution in [2.75, 3.05) is 5.32 Å². The van der Waals surface area contributed by atoms with Gasteiger partial charge in [0, 0.05) is 5.69 Å². The highest BCUT2D eigenvalue weighted by atomic mass is 19.1. The third-order valence-corrected chi connectivity index (χ3v) is 4.57. The molecule has 6 nitrogen and oxygen atoms in total. The van der Waals surface area contributed by atoms with Crippen molar-refractivity contribution in [3.8, 4) is 5.69 Å². The predicted molar refractivity (Wildman–Crippen MR) is 109 cm³/mol. The van der Waals surface area contributed by atoms with Crippen molar-refractivity contribution in [3.05, 3.63) is 105 Å². The number of halogens is 2. The molecule has 0 unspecified atom stereocenters. The van der Waals surface area contributed by atoms with E-state index in [1.54, 1.807) is 12.1 Å². The lowest BCUT2D eigenvalue weighted by Gasteiger charge is -2.14. The summed E-state index contributed by atoms with van der Waals surface area (Å²) < 4.78 is 29.2. The Bertz CT molecular complexity index is 1380. The zero-order chi connectivity index (χ0) is 21.3. The van der Waals surface area contributed by atoms with E-state index in [2.05, 4.69) is 5.32 Å². The molecule has 0 aliphatic carbocycles. The number of carbonyl (C=O) groups excluding carboxylic acids is 1. The average Bonchev–Trinajstić information content (AvgIpc) is 2.74. The molecule has 0 atom stereocenters. The van der Waals surface area contributed by atoms with Gasteiger partial charge >= 0.3 is 5.69 Å². The molecule has 1 N–H and O–H groups in total. The van der Waals surface area contributed by atoms with Gasteiger partial charge in [0.15, 0.2) is 0 Å². The first kappa shape index (κ1) is 19.3. The van der Waals surface area contributed by atoms with Crippen LogP contribution in [-0.2, 0) is 11.3 Å². The molecule has 0 saturated carbocycles. The fourth-order valence-corrected chi connectivity index (χ4v) is 3.20. The number of rotatable bonds is 4. The highest BCUT2D eigenvalue weighted by Crippen LogP contribution is 2.13. The van der Waals surface area contributed by atoms with E-state index in [-0.39, 0.29) is 16.6 Å². The molecular formula is C22H15F2N3O3. The van der Waals surface area contributed by atoms with Crippen molar-refractivity contribution in [1.29, 1.82) is 0 Å². The summed E-state index contributed by atoms with van der Waals surface area (Å²) in [7, 11) is 0. The minimum absolute atomic E-state index is 0.162. The van der Waals surface area contributed by atoms with Crippen molar-refractivity contribution in [1.82, 2.24) is 9.13 Å². The summed E-state index contributed by atoms with van der Waals surface area (Å²) in [5.74, 6) is -1.76. The molecule has 1 amide bonds. The predicted octanol–water partition coefficient (Wildman–Crippen LogP) is 3.07. The summed E-state index contributed by atoms with van der Waals surface area (Å²) >= 11 is 0. The second-order valence-electron chi connectivity index (χ2n) is 6.53. The molecule has 0 fully saturated rings. The number of nitrogens with one attached hydrogen (secondary N) is 1. The van der Waals surface area contributed by atoms with Gasteiger partial charge in [-0.1, -0.05) is 24.3 Å². The van der Waals surface area contributed by atoms with Gasteiger partial charge in [-0.15, -0.1) is 0 Å². The molecule has 4 aromatic rings. The van der Waals surface area contributed by atoms with E-state index in [1.165, 1.54) is 54.6 Å². The molecule has 4 rings (SSSR count). The van der Waals surface area contributed by atoms with Crippen LogP contribution in [0.5, 0.6) is 0 Å². The van der Waals surface area contributed by atoms with Crippen LogP contribution in [0, 0.1) is 11.6 Å². The highest BCUT2D eigenvalue weighted by molar-refractivity contribution is 5.91. The van der Waals surface area contributed by atoms with Crippen LogP contribution in [0.3, 0.4) is 0 Å². The van der Waals surface area contributed by atoms with Crippen LogP contribution >= 0.6 is 0 Å². The maximum Gasteiger partial charge on any atom is 0.336 e. The lowest BCUT2D eigenvalue weighted by molar-refractivity contribution is -0.116. The molecule has 0 radical (unpaired) electrons. The summed E-state index contributed by atoms with van der Waals surface area (Å²) in [4.78, 5) is 38.6. The van der Waals surface area contributed by atoms with E-state index in [1.807, 2.05) is 0 Å². The molecule has 0 bridgehead atoms. The first-order chi connectivity index (χ1) is 14.5. The summed E-state index contributed by atoms with van der Waals surface area (Å²) in [5, 5.41) is 2.73. The van der Waals surface area contributed by atoms with Gasteiger partial charge < -0.3 is 5.32 Å². The van der Waals surface area contributed by atoms with Gasteiger partial charge in [0.1, 0.15) is 18.2 Å². The monoisotopic (exact) mass is 407 g/mol. The fraction of sp³-hybridized carbons (Fsp3) is 0.0455. The van der Waals surface area contributed by atoms with Crippen LogP contribution in [0.2, 0.25) is 0 Å². The van der Waals surface area contributed by atoms with Crippen molar-refractivity contribution >= 4 is 22.5 Å². The number of hydrogen-bond donors (Lipinski definition) is 1. The largest absolute Gasteiger partial charge is 0.336 e. The van der Waals surface area contributed by atoms with Crippen LogP contribution in [0.4, 0.5) is 14.5 Å². The maximum atomic E-state index is 14.3. The normalized spacial score (nSPS) is 10.9. The lowest BCUT2D eigenvalue weighted by Crippen LogP contribution is -2.41. The third-order valence-electron chi connectivity index (χ3n) is 4.57. The number of aromatic nitrogens is 2. The summed E-state index contributed by atoms with van der Waals surface area (Å²) in [6.45, 7) is -0.425. The minimum Gasteiger partial charge on any atom is -0.325 e. The lowest BCUT2D eigenvalue weighted by atomic mass is 10.2. The van der Waals surface area contributed by atoms with Crippen LogP contribution in [0.15, 0.2) is 82.4 Å². The van der Waals surface area contributed by atoms with Crippen LogP contribution in [0.1, 0.15) is 0 Å². The second kappa shape index (κ2) is 7.75. The van der Waals surface area contributed by atoms with E-state index in [0.29, 0.717) is 10.3 Å². The Morgan fingerprint density at radius 3 is 2.27 bits per heavy atom. The second-order valence-corrected chi connectivity index (χ2v) is 6.53. The van der Waals surface area contributed by atoms with Crippen molar-refractivity contribution < 1.29 is 13.6 Å². The van der Waals surface area contributed by atoms with Gasteiger partial charge in [0.05, 0.1) is 16.6 Å². The number of hydrogen-bond acceptors (Lipinski definition) is 3. The Balaban J connectivity index is 1.84. The van der Waals surface area contributed by atoms with Gasteiger partial charge in [0.25, 0.3) is 5.56 Å². The molecular weight excluding hydrogens is 392 g/mol. The van der Waals surface area contributed by atoms with Gasteiger partial charge in [-0.3, -0.25) is 14.2 Å². The third kappa shape index (κ3) is 3.50. The Morgan fingerprint density at radius 1 is 0.867 bits per heavy atom. The number of amides is 1. The van der Waals surface area contributed by atoms with Crippen molar-refractivity contribution in [2.45, 2.75) is 6.54 Å². The Hall–Kier alpha value is -4.07. The number of nitrogens with zero attached hydrogens (tertiary/aromatic N) is 2. The van der Waals surface area contributed by atoms with E-state index in [0.717, 1.165) is 10.6 Å². The Kier molecular flexibility index (Phi) is 4.97. The van der Waals surface area contributed by atoms with Crippen LogP contribution < -0.4 is 16.6 Å². The molecule has 30 heavy (non-hydrogen) atoms. The highest BCUT2D eigenvalue weighted by Gasteiger charge is 2.18. The van der Waals surface area contributed by atoms with Crippen molar-refractivity contribution in [3.63, 3.8) is 0 Å². The number of carbonyl (C=O) groups is 1. The van der Waals surface area contributed by atoms with Crippen LogP contribution in [0.25, 0.3) is 16.6 Å². The quantitative estimate of drug-likeness (QED) is 0.565. The molecule has 1 heterocycles. The van der Waals surface area contributed by atoms with Gasteiger partial charge in [0.2, 0.25) is 5.91 Å². The van der Waals surface area contributed by atoms with E-state index in [4.69, 9.17) is 0 Å². The van der Waals surface area contributed by atoms with E-state index in [9.17, 15) is 23.2 Å². The smallest absolute Gasteiger partial charge is 0.325 e. The van der Waals surface area contributed by atoms with E-state index >= 15 is 0 Å². The number of anilines is 1. The summed E-state index contributed by atoms with van der Waals surface area (Å²) in [6, 6.07) is 16.8. The molecule has 0 saturated heterocycles. The van der Waals surface area contributed by atoms with Crippen molar-refractivity contribution in [2.24, 2.45) is 0 Å². The average molecular weight is 407 g/mol. The fourth-order valence-electron chi connectivity index (χ4n) is 3.20. The first-order valence-electron chi connectivity index (χ1n) is 9.00. The van der Waals surface area contributed by atoms with Gasteiger partial charge in [-0.25, -0.2) is 18.1 Å². The van der Waals surface area contributed by atoms with E-state index < -0.39 is 35.3 Å². The first-order valence-corrected chi connectivity index (χ1v) is 9.00. The molecule has 1 aromatic heterocycles. The Labute approximate surface area is 168 Å². The van der Waals surface area contributed by atoms with Gasteiger partial charge in [-0.2, -0.15) is 0 Å². The van der Waals surface area contributed by atoms with Gasteiger partial charge in [-0.05, 0) is 48.5 Å². The summed E-state index contributed by atoms with van der Waals surface area (Å²) in [6.07, 6.45) is 0. The molecule has 8 heteroatoms. The number of benzene rings is 3. The molecule has 0 spiro atoms. The topological polar surface area (TPSA) is 73.1 Å². The van der Waals surface area contributed by atoms with Crippen LogP contribution in [-0.4, -0.2) is 15.0 Å². The molecule has 3 aromatic carbocycles. The zero-order valence-electron chi connectivity index (χ0n) is 15.5. The number of para-hydroxylation sites is 2. The standard InChI is InChI=1S/C22H15F2N3O3/c23-14-9-11-15(12-10-14)25-20(28)13-26-18-7-3-1-5-16(18)21(29)27(22(26)30)19-8-4-2-6-17(19)24/h1-12H,13H2,(H,25,28). The summed E-state index contributed by atoms with van der Waals surface area (Å²) in [5.41, 5.74) is -1.14. The number of fused-ring (bicyclic) bond motifs is 1.